The van der Waals surface area contributed by atoms with Crippen LogP contribution in [0.15, 0.2) is 12.2 Å². The van der Waals surface area contributed by atoms with Gasteiger partial charge in [-0.2, -0.15) is 0 Å². The number of aliphatic hydroxyl groups is 1. The van der Waals surface area contributed by atoms with Crippen molar-refractivity contribution in [1.82, 2.24) is 5.32 Å². The number of hydrogen-bond acceptors (Lipinski definition) is 5. The third kappa shape index (κ3) is 54.8. The molecule has 0 aromatic carbocycles. The van der Waals surface area contributed by atoms with Crippen molar-refractivity contribution < 1.29 is 32.9 Å². The summed E-state index contributed by atoms with van der Waals surface area (Å²) in [5.41, 5.74) is 0. The van der Waals surface area contributed by atoms with Crippen LogP contribution in [-0.4, -0.2) is 73.4 Å². The Morgan fingerprint density at radius 2 is 0.783 bits per heavy atom. The summed E-state index contributed by atoms with van der Waals surface area (Å²) in [6, 6.07) is -0.757. The smallest absolute Gasteiger partial charge is 0.391 e. The molecule has 0 rings (SSSR count). The first-order chi connectivity index (χ1) is 33.5. The quantitative estimate of drug-likeness (QED) is 0.0243. The number of aliphatic hydroxyl groups excluding tert-OH is 1. The molecule has 0 radical (unpaired) electrons. The van der Waals surface area contributed by atoms with Crippen LogP contribution in [0.3, 0.4) is 0 Å². The van der Waals surface area contributed by atoms with Crippen LogP contribution in [0.5, 0.6) is 0 Å². The highest BCUT2D eigenvalue weighted by molar-refractivity contribution is 7.47. The SMILES string of the molecule is CCCCCCCCCCCCCC/C=C\CCCCCCCCCCCCCCCCCC(=O)NC(COP(=O)(O)OCC[N+](C)(C)C)C(O)CCCCCCCCCCCCCCCCCC. The molecule has 69 heavy (non-hydrogen) atoms. The number of carbonyl (C=O) groups excluding carboxylic acids is 1. The van der Waals surface area contributed by atoms with Gasteiger partial charge in [0.2, 0.25) is 5.91 Å². The number of carbonyl (C=O) groups is 1. The van der Waals surface area contributed by atoms with E-state index >= 15 is 0 Å². The van der Waals surface area contributed by atoms with Gasteiger partial charge in [0, 0.05) is 6.42 Å². The Hall–Kier alpha value is -0.760. The molecule has 0 saturated heterocycles. The van der Waals surface area contributed by atoms with E-state index in [2.05, 4.69) is 31.3 Å². The minimum Gasteiger partial charge on any atom is -0.391 e. The second-order valence-electron chi connectivity index (χ2n) is 22.4. The van der Waals surface area contributed by atoms with Crippen molar-refractivity contribution in [3.05, 3.63) is 12.2 Å². The largest absolute Gasteiger partial charge is 0.472 e. The maximum absolute atomic E-state index is 13.0. The van der Waals surface area contributed by atoms with Crippen molar-refractivity contribution in [2.45, 2.75) is 328 Å². The van der Waals surface area contributed by atoms with Crippen molar-refractivity contribution in [3.8, 4) is 0 Å². The zero-order chi connectivity index (χ0) is 50.6. The fourth-order valence-corrected chi connectivity index (χ4v) is 10.2. The highest BCUT2D eigenvalue weighted by Gasteiger charge is 2.28. The van der Waals surface area contributed by atoms with Gasteiger partial charge >= 0.3 is 7.82 Å². The molecule has 0 aliphatic heterocycles. The highest BCUT2D eigenvalue weighted by Crippen LogP contribution is 2.43. The van der Waals surface area contributed by atoms with Gasteiger partial charge in [-0.15, -0.1) is 0 Å². The number of quaternary nitrogens is 1. The predicted molar refractivity (Wildman–Crippen MR) is 300 cm³/mol. The van der Waals surface area contributed by atoms with Crippen LogP contribution in [0.2, 0.25) is 0 Å². The second-order valence-corrected chi connectivity index (χ2v) is 23.9. The van der Waals surface area contributed by atoms with Gasteiger partial charge in [0.25, 0.3) is 0 Å². The first-order valence-electron chi connectivity index (χ1n) is 30.6. The second kappa shape index (κ2) is 52.1. The van der Waals surface area contributed by atoms with Crippen molar-refractivity contribution in [2.24, 2.45) is 0 Å². The van der Waals surface area contributed by atoms with Gasteiger partial charge in [-0.3, -0.25) is 13.8 Å². The Bertz CT molecular complexity index is 1130. The van der Waals surface area contributed by atoms with E-state index in [-0.39, 0.29) is 19.1 Å². The molecule has 3 unspecified atom stereocenters. The normalized spacial score (nSPS) is 13.9. The zero-order valence-electron chi connectivity index (χ0n) is 47.1. The number of nitrogens with zero attached hydrogens (tertiary/aromatic N) is 1. The molecule has 0 aromatic rings. The summed E-state index contributed by atoms with van der Waals surface area (Å²) in [6.07, 6.45) is 64.3. The Balaban J connectivity index is 4.01. The summed E-state index contributed by atoms with van der Waals surface area (Å²) in [4.78, 5) is 23.3. The van der Waals surface area contributed by atoms with Crippen molar-refractivity contribution in [1.29, 1.82) is 0 Å². The average molecular weight is 999 g/mol. The molecule has 0 saturated carbocycles. The van der Waals surface area contributed by atoms with Gasteiger partial charge in [0.05, 0.1) is 39.9 Å². The number of rotatable bonds is 57. The molecule has 0 aromatic heterocycles. The Kier molecular flexibility index (Phi) is 51.5. The van der Waals surface area contributed by atoms with Crippen molar-refractivity contribution in [2.75, 3.05) is 40.9 Å². The number of likely N-dealkylation sites (N-methyl/N-ethyl adjacent to an activating group) is 1. The number of amides is 1. The van der Waals surface area contributed by atoms with E-state index in [9.17, 15) is 19.4 Å². The Morgan fingerprint density at radius 1 is 0.478 bits per heavy atom. The minimum atomic E-state index is -4.32. The molecule has 0 bridgehead atoms. The van der Waals surface area contributed by atoms with Gasteiger partial charge in [0.15, 0.2) is 0 Å². The minimum absolute atomic E-state index is 0.0777. The molecule has 1 amide bonds. The summed E-state index contributed by atoms with van der Waals surface area (Å²) >= 11 is 0. The van der Waals surface area contributed by atoms with Crippen LogP contribution in [0.4, 0.5) is 0 Å². The van der Waals surface area contributed by atoms with Gasteiger partial charge in [-0.05, 0) is 38.5 Å². The van der Waals surface area contributed by atoms with Crippen LogP contribution in [0.25, 0.3) is 0 Å². The van der Waals surface area contributed by atoms with E-state index in [0.29, 0.717) is 23.9 Å². The average Bonchev–Trinajstić information content (AvgIpc) is 3.31. The summed E-state index contributed by atoms with van der Waals surface area (Å²) in [5, 5.41) is 14.1. The van der Waals surface area contributed by atoms with E-state index in [1.165, 1.54) is 250 Å². The van der Waals surface area contributed by atoms with Gasteiger partial charge in [0.1, 0.15) is 13.2 Å². The van der Waals surface area contributed by atoms with Crippen LogP contribution in [-0.2, 0) is 18.4 Å². The molecular weight excluding hydrogens is 876 g/mol. The standard InChI is InChI=1S/C60H121N2O6P/c1-6-8-10-12-14-16-18-20-22-24-25-26-27-28-29-30-31-32-33-34-35-36-37-38-40-42-44-46-48-50-52-54-60(64)61-58(57-68-69(65,66)67-56-55-62(3,4)5)59(63)53-51-49-47-45-43-41-39-23-21-19-17-15-13-11-9-7-2/h28-29,58-59,63H,6-27,30-57H2,1-5H3,(H-,61,64,65,66)/p+1/b29-28-. The maximum Gasteiger partial charge on any atom is 0.472 e. The molecule has 8 nitrogen and oxygen atoms in total. The third-order valence-corrected chi connectivity index (χ3v) is 15.2. The number of nitrogens with one attached hydrogen (secondary N) is 1. The molecule has 3 N–H and O–H groups in total. The van der Waals surface area contributed by atoms with Crippen LogP contribution < -0.4 is 5.32 Å². The number of hydrogen-bond donors (Lipinski definition) is 3. The van der Waals surface area contributed by atoms with E-state index in [1.807, 2.05) is 21.1 Å². The lowest BCUT2D eigenvalue weighted by atomic mass is 10.0. The number of phosphoric ester groups is 1. The Labute approximate surface area is 431 Å². The summed E-state index contributed by atoms with van der Waals surface area (Å²) in [6.45, 7) is 4.94. The summed E-state index contributed by atoms with van der Waals surface area (Å²) < 4.78 is 23.8. The summed E-state index contributed by atoms with van der Waals surface area (Å²) in [7, 11) is 1.63. The molecule has 0 aliphatic carbocycles. The topological polar surface area (TPSA) is 105 Å². The van der Waals surface area contributed by atoms with Crippen molar-refractivity contribution >= 4 is 13.7 Å². The summed E-state index contributed by atoms with van der Waals surface area (Å²) in [5.74, 6) is -0.138. The fourth-order valence-electron chi connectivity index (χ4n) is 9.46. The van der Waals surface area contributed by atoms with Crippen LogP contribution in [0, 0.1) is 0 Å². The molecule has 0 aliphatic rings. The van der Waals surface area contributed by atoms with E-state index in [4.69, 9.17) is 9.05 Å². The van der Waals surface area contributed by atoms with Gasteiger partial charge in [-0.25, -0.2) is 4.57 Å². The number of allylic oxidation sites excluding steroid dienone is 2. The Morgan fingerprint density at radius 3 is 1.12 bits per heavy atom. The van der Waals surface area contributed by atoms with E-state index in [1.54, 1.807) is 0 Å². The molecular formula is C60H122N2O6P+. The van der Waals surface area contributed by atoms with Gasteiger partial charge < -0.3 is 19.8 Å². The van der Waals surface area contributed by atoms with E-state index < -0.39 is 20.0 Å². The molecule has 412 valence electrons. The lowest BCUT2D eigenvalue weighted by Crippen LogP contribution is -2.46. The molecule has 3 atom stereocenters. The fraction of sp³-hybridized carbons (Fsp3) is 0.950. The first-order valence-corrected chi connectivity index (χ1v) is 32.0. The number of phosphoric acid groups is 1. The predicted octanol–water partition coefficient (Wildman–Crippen LogP) is 18.6. The molecule has 0 heterocycles. The third-order valence-electron chi connectivity index (χ3n) is 14.3. The number of unbranched alkanes of at least 4 members (excludes halogenated alkanes) is 42. The van der Waals surface area contributed by atoms with E-state index in [0.717, 1.165) is 38.5 Å². The zero-order valence-corrected chi connectivity index (χ0v) is 48.0. The molecule has 0 spiro atoms. The molecule has 9 heteroatoms. The highest BCUT2D eigenvalue weighted by atomic mass is 31.2. The lowest BCUT2D eigenvalue weighted by molar-refractivity contribution is -0.870. The monoisotopic (exact) mass is 998 g/mol. The van der Waals surface area contributed by atoms with Crippen LogP contribution >= 0.6 is 7.82 Å². The first kappa shape index (κ1) is 68.2. The maximum atomic E-state index is 13.0. The lowest BCUT2D eigenvalue weighted by Gasteiger charge is -2.26. The van der Waals surface area contributed by atoms with Crippen molar-refractivity contribution in [3.63, 3.8) is 0 Å². The van der Waals surface area contributed by atoms with Crippen LogP contribution in [0.1, 0.15) is 316 Å². The molecule has 0 fully saturated rings. The van der Waals surface area contributed by atoms with Gasteiger partial charge in [-0.1, -0.05) is 283 Å².